The van der Waals surface area contributed by atoms with Crippen molar-refractivity contribution >= 4 is 46.8 Å². The Bertz CT molecular complexity index is 637. The molecule has 0 aromatic carbocycles. The van der Waals surface area contributed by atoms with Gasteiger partial charge in [0, 0.05) is 19.2 Å². The highest BCUT2D eigenvalue weighted by Crippen LogP contribution is 2.30. The second-order valence-electron chi connectivity index (χ2n) is 9.92. The molecule has 3 fully saturated rings. The van der Waals surface area contributed by atoms with Crippen molar-refractivity contribution in [2.45, 2.75) is 99.0 Å². The maximum absolute atomic E-state index is 13.7. The molecule has 2 heterocycles. The minimum absolute atomic E-state index is 0.0250. The van der Waals surface area contributed by atoms with Crippen molar-refractivity contribution in [3.63, 3.8) is 0 Å². The third-order valence-corrected chi connectivity index (χ3v) is 7.58. The zero-order valence-corrected chi connectivity index (χ0v) is 22.3. The van der Waals surface area contributed by atoms with Gasteiger partial charge in [-0.15, -0.1) is 0 Å². The van der Waals surface area contributed by atoms with Crippen LogP contribution in [0.2, 0.25) is 0 Å². The zero-order chi connectivity index (χ0) is 24.4. The van der Waals surface area contributed by atoms with Crippen LogP contribution in [0.4, 0.5) is 4.79 Å². The van der Waals surface area contributed by atoms with Gasteiger partial charge in [0.1, 0.15) is 12.6 Å². The molecule has 2 aliphatic heterocycles. The van der Waals surface area contributed by atoms with Crippen LogP contribution in [0.3, 0.4) is 0 Å². The quantitative estimate of drug-likeness (QED) is 0.404. The minimum atomic E-state index is -1.69. The number of nitrogens with zero attached hydrogens (tertiary/aromatic N) is 1. The summed E-state index contributed by atoms with van der Waals surface area (Å²) in [6.07, 6.45) is 11.9. The van der Waals surface area contributed by atoms with Crippen molar-refractivity contribution in [3.8, 4) is 0 Å². The number of alkyl halides is 3. The summed E-state index contributed by atoms with van der Waals surface area (Å²) in [5.41, 5.74) is 0. The van der Waals surface area contributed by atoms with Gasteiger partial charge in [-0.3, -0.25) is 4.79 Å². The molecule has 0 spiro atoms. The summed E-state index contributed by atoms with van der Waals surface area (Å²) < 4.78 is 9.51. The van der Waals surface area contributed by atoms with E-state index in [2.05, 4.69) is 10.6 Å². The van der Waals surface area contributed by atoms with Crippen LogP contribution in [0.25, 0.3) is 0 Å². The number of hydrogen-bond acceptors (Lipinski definition) is 5. The van der Waals surface area contributed by atoms with E-state index in [4.69, 9.17) is 44.3 Å². The van der Waals surface area contributed by atoms with E-state index in [9.17, 15) is 9.59 Å². The van der Waals surface area contributed by atoms with Gasteiger partial charge in [-0.05, 0) is 64.0 Å². The normalized spacial score (nSPS) is 24.0. The molecule has 1 saturated carbocycles. The summed E-state index contributed by atoms with van der Waals surface area (Å²) in [4.78, 5) is 28.1. The van der Waals surface area contributed by atoms with Crippen molar-refractivity contribution in [1.82, 2.24) is 15.5 Å². The Hall–Kier alpha value is -0.470. The first-order valence-electron chi connectivity index (χ1n) is 12.9. The van der Waals surface area contributed by atoms with Gasteiger partial charge in [0.2, 0.25) is 9.70 Å². The molecule has 0 aromatic rings. The van der Waals surface area contributed by atoms with Crippen LogP contribution in [-0.4, -0.2) is 71.7 Å². The number of carbonyl (C=O) groups is 2. The maximum Gasteiger partial charge on any atom is 0.407 e. The summed E-state index contributed by atoms with van der Waals surface area (Å²) >= 11 is 17.1. The number of likely N-dealkylation sites (tertiary alicyclic amines) is 1. The number of nitrogens with one attached hydrogen (secondary N) is 2. The highest BCUT2D eigenvalue weighted by Gasteiger charge is 2.35. The van der Waals surface area contributed by atoms with Gasteiger partial charge in [-0.2, -0.15) is 0 Å². The largest absolute Gasteiger partial charge is 0.445 e. The van der Waals surface area contributed by atoms with E-state index < -0.39 is 15.9 Å². The van der Waals surface area contributed by atoms with E-state index in [0.717, 1.165) is 64.5 Å². The Kier molecular flexibility index (Phi) is 11.8. The van der Waals surface area contributed by atoms with Crippen LogP contribution in [0, 0.1) is 5.92 Å². The number of hydrogen-bond donors (Lipinski definition) is 2. The summed E-state index contributed by atoms with van der Waals surface area (Å²) in [6, 6.07) is -0.493. The van der Waals surface area contributed by atoms with Crippen LogP contribution in [0.1, 0.15) is 77.0 Å². The van der Waals surface area contributed by atoms with Crippen molar-refractivity contribution in [3.05, 3.63) is 0 Å². The van der Waals surface area contributed by atoms with Crippen LogP contribution in [0.15, 0.2) is 0 Å². The monoisotopic (exact) mass is 539 g/mol. The van der Waals surface area contributed by atoms with Gasteiger partial charge >= 0.3 is 6.09 Å². The van der Waals surface area contributed by atoms with E-state index >= 15 is 0 Å². The molecule has 7 nitrogen and oxygen atoms in total. The molecular weight excluding hydrogens is 501 g/mol. The number of ether oxygens (including phenoxy) is 2. The molecule has 34 heavy (non-hydrogen) atoms. The summed E-state index contributed by atoms with van der Waals surface area (Å²) in [5, 5.41) is 6.15. The van der Waals surface area contributed by atoms with Crippen molar-refractivity contribution in [1.29, 1.82) is 0 Å². The topological polar surface area (TPSA) is 79.9 Å². The molecule has 0 aromatic heterocycles. The Morgan fingerprint density at radius 3 is 2.41 bits per heavy atom. The SMILES string of the molecule is O=C(N[C@H](CC1CCCCC1)C(=O)N1CCCCC1CCOC1CCNCC1)OCC(Cl)(Cl)Cl. The van der Waals surface area contributed by atoms with E-state index in [-0.39, 0.29) is 18.6 Å². The Labute approximate surface area is 218 Å². The third kappa shape index (κ3) is 9.88. The van der Waals surface area contributed by atoms with Crippen LogP contribution >= 0.6 is 34.8 Å². The number of piperidine rings is 2. The Morgan fingerprint density at radius 2 is 1.71 bits per heavy atom. The van der Waals surface area contributed by atoms with Crippen molar-refractivity contribution in [2.75, 3.05) is 32.8 Å². The number of halogens is 3. The third-order valence-electron chi connectivity index (χ3n) is 7.25. The van der Waals surface area contributed by atoms with Gasteiger partial charge in [-0.1, -0.05) is 66.9 Å². The predicted octanol–water partition coefficient (Wildman–Crippen LogP) is 4.96. The second-order valence-corrected chi connectivity index (χ2v) is 12.4. The molecule has 2 amide bonds. The van der Waals surface area contributed by atoms with E-state index in [0.29, 0.717) is 31.6 Å². The summed E-state index contributed by atoms with van der Waals surface area (Å²) in [5.74, 6) is 0.394. The molecule has 2 N–H and O–H groups in total. The molecule has 10 heteroatoms. The lowest BCUT2D eigenvalue weighted by molar-refractivity contribution is -0.138. The van der Waals surface area contributed by atoms with Crippen molar-refractivity contribution < 1.29 is 19.1 Å². The maximum atomic E-state index is 13.7. The van der Waals surface area contributed by atoms with E-state index in [1.165, 1.54) is 19.3 Å². The molecule has 3 rings (SSSR count). The Balaban J connectivity index is 1.59. The number of amides is 2. The average Bonchev–Trinajstić information content (AvgIpc) is 2.83. The predicted molar refractivity (Wildman–Crippen MR) is 136 cm³/mol. The molecule has 2 atom stereocenters. The number of rotatable bonds is 9. The lowest BCUT2D eigenvalue weighted by atomic mass is 9.84. The van der Waals surface area contributed by atoms with Gasteiger partial charge in [0.15, 0.2) is 0 Å². The van der Waals surface area contributed by atoms with Gasteiger partial charge < -0.3 is 25.0 Å². The highest BCUT2D eigenvalue weighted by molar-refractivity contribution is 6.67. The Morgan fingerprint density at radius 1 is 1.00 bits per heavy atom. The van der Waals surface area contributed by atoms with E-state index in [1.54, 1.807) is 0 Å². The molecule has 1 aliphatic carbocycles. The molecule has 2 saturated heterocycles. The van der Waals surface area contributed by atoms with Gasteiger partial charge in [0.05, 0.1) is 6.10 Å². The smallest absolute Gasteiger partial charge is 0.407 e. The molecule has 3 aliphatic rings. The first-order valence-corrected chi connectivity index (χ1v) is 14.1. The fraction of sp³-hybridized carbons (Fsp3) is 0.917. The molecular formula is C24H40Cl3N3O4. The van der Waals surface area contributed by atoms with Crippen LogP contribution < -0.4 is 10.6 Å². The molecule has 0 radical (unpaired) electrons. The minimum Gasteiger partial charge on any atom is -0.445 e. The van der Waals surface area contributed by atoms with Crippen LogP contribution in [0.5, 0.6) is 0 Å². The fourth-order valence-electron chi connectivity index (χ4n) is 5.43. The lowest BCUT2D eigenvalue weighted by Gasteiger charge is -2.39. The van der Waals surface area contributed by atoms with Gasteiger partial charge in [0.25, 0.3) is 0 Å². The zero-order valence-electron chi connectivity index (χ0n) is 20.0. The van der Waals surface area contributed by atoms with Gasteiger partial charge in [-0.25, -0.2) is 4.79 Å². The van der Waals surface area contributed by atoms with Crippen molar-refractivity contribution in [2.24, 2.45) is 5.92 Å². The average molecular weight is 541 g/mol. The highest BCUT2D eigenvalue weighted by atomic mass is 35.6. The fourth-order valence-corrected chi connectivity index (χ4v) is 5.60. The lowest BCUT2D eigenvalue weighted by Crippen LogP contribution is -2.54. The van der Waals surface area contributed by atoms with Crippen LogP contribution in [-0.2, 0) is 14.3 Å². The molecule has 196 valence electrons. The standard InChI is InChI=1S/C24H40Cl3N3O4/c25-24(26,27)17-34-23(32)29-21(16-18-6-2-1-3-7-18)22(31)30-14-5-4-8-19(30)11-15-33-20-9-12-28-13-10-20/h18-21,28H,1-17H2,(H,29,32)/t19?,21-/m1/s1. The number of alkyl carbamates (subject to hydrolysis) is 1. The summed E-state index contributed by atoms with van der Waals surface area (Å²) in [6.45, 7) is 3.01. The molecule has 0 bridgehead atoms. The number of carbonyl (C=O) groups excluding carboxylic acids is 2. The second kappa shape index (κ2) is 14.3. The summed E-state index contributed by atoms with van der Waals surface area (Å²) in [7, 11) is 0. The first-order chi connectivity index (χ1) is 16.3. The molecule has 1 unspecified atom stereocenters. The first kappa shape index (κ1) is 28.1. The van der Waals surface area contributed by atoms with E-state index in [1.807, 2.05) is 4.90 Å².